The molecule has 7 rings (SSSR count). The third kappa shape index (κ3) is 6.82. The summed E-state index contributed by atoms with van der Waals surface area (Å²) in [6.07, 6.45) is 3.98. The maximum Gasteiger partial charge on any atom is 0.407 e. The Morgan fingerprint density at radius 2 is 1.80 bits per heavy atom. The fraction of sp³-hybridized carbons (Fsp3) is 0.368. The monoisotopic (exact) mass is 659 g/mol. The number of carboxylic acid groups (broad SMARTS) is 1. The Labute approximate surface area is 285 Å². The first kappa shape index (κ1) is 32.2. The molecule has 3 aromatic carbocycles. The van der Waals surface area contributed by atoms with Crippen molar-refractivity contribution < 1.29 is 19.4 Å². The van der Waals surface area contributed by atoms with Crippen LogP contribution >= 0.6 is 0 Å². The van der Waals surface area contributed by atoms with Gasteiger partial charge in [0.1, 0.15) is 30.0 Å². The molecule has 0 aliphatic carbocycles. The lowest BCUT2D eigenvalue weighted by molar-refractivity contribution is 0.119. The molecule has 2 saturated heterocycles. The van der Waals surface area contributed by atoms with Crippen molar-refractivity contribution >= 4 is 33.7 Å². The van der Waals surface area contributed by atoms with E-state index in [4.69, 9.17) is 19.4 Å². The molecule has 1 unspecified atom stereocenters. The van der Waals surface area contributed by atoms with Gasteiger partial charge in [0, 0.05) is 50.9 Å². The number of likely N-dealkylation sites (tertiary alicyclic amines) is 1. The molecule has 0 radical (unpaired) electrons. The van der Waals surface area contributed by atoms with E-state index in [9.17, 15) is 15.2 Å². The molecule has 4 heterocycles. The molecule has 252 valence electrons. The van der Waals surface area contributed by atoms with Gasteiger partial charge in [0.25, 0.3) is 0 Å². The standard InChI is InChI=1S/C38H41N7O4/c1-42-16-8-12-31(42)25-49-37-40-34-29(22-43(2)35(34)36(41-37)44-17-18-45(38(46)47)30(23-44)14-15-39)19-28-21-32(20-27-11-6-7-13-33(27)28)48-24-26-9-4-3-5-10-26/h3-7,9-11,13,20-22,30-31H,8,12,14,16-19,23-25H2,1-2H3,(H,46,47)/t30?,31-/m0/s1. The number of rotatable bonds is 10. The number of carbonyl (C=O) groups is 1. The Hall–Kier alpha value is -5.34. The van der Waals surface area contributed by atoms with Gasteiger partial charge in [-0.25, -0.2) is 4.79 Å². The number of hydrogen-bond acceptors (Lipinski definition) is 8. The fourth-order valence-electron chi connectivity index (χ4n) is 7.22. The number of aromatic nitrogens is 3. The summed E-state index contributed by atoms with van der Waals surface area (Å²) in [5.41, 5.74) is 4.88. The third-order valence-electron chi connectivity index (χ3n) is 9.83. The summed E-state index contributed by atoms with van der Waals surface area (Å²) in [5.74, 6) is 1.49. The van der Waals surface area contributed by atoms with Crippen LogP contribution in [0.2, 0.25) is 0 Å². The number of piperazine rings is 1. The molecule has 0 bridgehead atoms. The summed E-state index contributed by atoms with van der Waals surface area (Å²) in [5, 5.41) is 21.6. The van der Waals surface area contributed by atoms with Crippen LogP contribution in [0, 0.1) is 11.3 Å². The van der Waals surface area contributed by atoms with Crippen molar-refractivity contribution in [2.24, 2.45) is 7.05 Å². The summed E-state index contributed by atoms with van der Waals surface area (Å²) >= 11 is 0. The van der Waals surface area contributed by atoms with Crippen LogP contribution in [0.4, 0.5) is 10.6 Å². The highest BCUT2D eigenvalue weighted by Crippen LogP contribution is 2.35. The van der Waals surface area contributed by atoms with Crippen molar-refractivity contribution in [3.05, 3.63) is 89.6 Å². The van der Waals surface area contributed by atoms with Crippen LogP contribution in [0.3, 0.4) is 0 Å². The number of likely N-dealkylation sites (N-methyl/N-ethyl adjacent to an activating group) is 1. The number of nitrogens with zero attached hydrogens (tertiary/aromatic N) is 7. The zero-order valence-electron chi connectivity index (χ0n) is 28.0. The second kappa shape index (κ2) is 14.0. The van der Waals surface area contributed by atoms with Crippen LogP contribution in [-0.2, 0) is 20.1 Å². The van der Waals surface area contributed by atoms with Gasteiger partial charge in [0.2, 0.25) is 0 Å². The molecule has 1 amide bonds. The summed E-state index contributed by atoms with van der Waals surface area (Å²) in [6.45, 7) is 3.06. The first-order valence-electron chi connectivity index (χ1n) is 16.9. The number of anilines is 1. The minimum absolute atomic E-state index is 0.0997. The van der Waals surface area contributed by atoms with E-state index < -0.39 is 12.1 Å². The van der Waals surface area contributed by atoms with Crippen molar-refractivity contribution in [1.29, 1.82) is 5.26 Å². The summed E-state index contributed by atoms with van der Waals surface area (Å²) < 4.78 is 14.7. The van der Waals surface area contributed by atoms with Crippen molar-refractivity contribution in [3.63, 3.8) is 0 Å². The van der Waals surface area contributed by atoms with Gasteiger partial charge < -0.3 is 33.8 Å². The minimum Gasteiger partial charge on any atom is -0.489 e. The summed E-state index contributed by atoms with van der Waals surface area (Å²) in [4.78, 5) is 27.7. The van der Waals surface area contributed by atoms with E-state index in [1.54, 1.807) is 0 Å². The van der Waals surface area contributed by atoms with Gasteiger partial charge in [-0.2, -0.15) is 15.2 Å². The van der Waals surface area contributed by atoms with Crippen molar-refractivity contribution in [2.75, 3.05) is 44.7 Å². The first-order valence-corrected chi connectivity index (χ1v) is 16.9. The second-order valence-corrected chi connectivity index (χ2v) is 13.1. The Bertz CT molecular complexity index is 2010. The van der Waals surface area contributed by atoms with Gasteiger partial charge in [0.15, 0.2) is 5.82 Å². The Morgan fingerprint density at radius 3 is 2.57 bits per heavy atom. The maximum atomic E-state index is 12.0. The smallest absolute Gasteiger partial charge is 0.407 e. The predicted molar refractivity (Wildman–Crippen MR) is 188 cm³/mol. The lowest BCUT2D eigenvalue weighted by atomic mass is 9.98. The quantitative estimate of drug-likeness (QED) is 0.197. The zero-order valence-corrected chi connectivity index (χ0v) is 28.0. The van der Waals surface area contributed by atoms with Gasteiger partial charge in [-0.3, -0.25) is 0 Å². The van der Waals surface area contributed by atoms with Crippen molar-refractivity contribution in [2.45, 2.75) is 44.4 Å². The summed E-state index contributed by atoms with van der Waals surface area (Å²) in [7, 11) is 4.11. The number of fused-ring (bicyclic) bond motifs is 2. The topological polar surface area (TPSA) is 120 Å². The molecular weight excluding hydrogens is 618 g/mol. The lowest BCUT2D eigenvalue weighted by Gasteiger charge is -2.39. The first-order chi connectivity index (χ1) is 23.9. The number of aryl methyl sites for hydroxylation is 1. The van der Waals surface area contributed by atoms with Gasteiger partial charge >= 0.3 is 12.1 Å². The molecule has 49 heavy (non-hydrogen) atoms. The zero-order chi connectivity index (χ0) is 33.9. The number of benzene rings is 3. The second-order valence-electron chi connectivity index (χ2n) is 13.1. The Morgan fingerprint density at radius 1 is 0.980 bits per heavy atom. The minimum atomic E-state index is -1.01. The van der Waals surface area contributed by atoms with Crippen LogP contribution in [0.1, 0.15) is 36.0 Å². The molecule has 2 aromatic heterocycles. The van der Waals surface area contributed by atoms with E-state index in [0.717, 1.165) is 63.6 Å². The number of hydrogen-bond donors (Lipinski definition) is 1. The van der Waals surface area contributed by atoms with Crippen LogP contribution < -0.4 is 14.4 Å². The molecule has 11 nitrogen and oxygen atoms in total. The van der Waals surface area contributed by atoms with Crippen LogP contribution in [-0.4, -0.2) is 87.5 Å². The highest BCUT2D eigenvalue weighted by Gasteiger charge is 2.33. The summed E-state index contributed by atoms with van der Waals surface area (Å²) in [6, 6.07) is 25.0. The predicted octanol–water partition coefficient (Wildman–Crippen LogP) is 5.85. The molecule has 2 fully saturated rings. The Kier molecular flexibility index (Phi) is 9.22. The van der Waals surface area contributed by atoms with Crippen molar-refractivity contribution in [3.8, 4) is 17.8 Å². The number of nitriles is 1. The molecule has 1 N–H and O–H groups in total. The van der Waals surface area contributed by atoms with E-state index in [2.05, 4.69) is 76.1 Å². The largest absolute Gasteiger partial charge is 0.489 e. The normalized spacial score (nSPS) is 18.2. The SMILES string of the molecule is CN1CCC[C@H]1COc1nc(N2CCN(C(=O)O)C(CC#N)C2)c2c(n1)c(Cc1cc(OCc3ccccc3)cc3ccccc13)cn2C. The van der Waals surface area contributed by atoms with E-state index in [0.29, 0.717) is 50.6 Å². The van der Waals surface area contributed by atoms with Gasteiger partial charge in [0.05, 0.1) is 18.5 Å². The van der Waals surface area contributed by atoms with Gasteiger partial charge in [-0.05, 0) is 60.5 Å². The average molecular weight is 660 g/mol. The van der Waals surface area contributed by atoms with Crippen LogP contribution in [0.5, 0.6) is 11.8 Å². The lowest BCUT2D eigenvalue weighted by Crippen LogP contribution is -2.55. The van der Waals surface area contributed by atoms with Crippen molar-refractivity contribution in [1.82, 2.24) is 24.3 Å². The fourth-order valence-corrected chi connectivity index (χ4v) is 7.22. The Balaban J connectivity index is 1.27. The molecule has 2 aliphatic rings. The van der Waals surface area contributed by atoms with Gasteiger partial charge in [-0.1, -0.05) is 54.6 Å². The molecular formula is C38H41N7O4. The number of amides is 1. The van der Waals surface area contributed by atoms with Gasteiger partial charge in [-0.15, -0.1) is 0 Å². The molecule has 2 aliphatic heterocycles. The molecule has 0 spiro atoms. The van der Waals surface area contributed by atoms with Crippen LogP contribution in [0.15, 0.2) is 72.9 Å². The molecule has 2 atom stereocenters. The average Bonchev–Trinajstić information content (AvgIpc) is 3.67. The maximum absolute atomic E-state index is 12.0. The molecule has 0 saturated carbocycles. The number of ether oxygens (including phenoxy) is 2. The van der Waals surface area contributed by atoms with E-state index in [1.165, 1.54) is 4.90 Å². The highest BCUT2D eigenvalue weighted by molar-refractivity contribution is 5.92. The van der Waals surface area contributed by atoms with E-state index >= 15 is 0 Å². The highest BCUT2D eigenvalue weighted by atomic mass is 16.5. The third-order valence-corrected chi connectivity index (χ3v) is 9.83. The molecule has 11 heteroatoms. The van der Waals surface area contributed by atoms with Crippen LogP contribution in [0.25, 0.3) is 21.8 Å². The van der Waals surface area contributed by atoms with E-state index in [-0.39, 0.29) is 13.0 Å². The van der Waals surface area contributed by atoms with E-state index in [1.807, 2.05) is 31.3 Å². The molecule has 5 aromatic rings.